The van der Waals surface area contributed by atoms with Gasteiger partial charge in [0.1, 0.15) is 5.82 Å². The van der Waals surface area contributed by atoms with E-state index >= 15 is 0 Å². The monoisotopic (exact) mass is 346 g/mol. The number of halogens is 1. The zero-order valence-corrected chi connectivity index (χ0v) is 14.8. The Kier molecular flexibility index (Phi) is 4.48. The van der Waals surface area contributed by atoms with Crippen molar-refractivity contribution in [1.29, 1.82) is 0 Å². The van der Waals surface area contributed by atoms with Gasteiger partial charge in [-0.2, -0.15) is 0 Å². The van der Waals surface area contributed by atoms with Crippen molar-refractivity contribution >= 4 is 17.7 Å². The molecule has 1 aromatic carbocycles. The van der Waals surface area contributed by atoms with Crippen molar-refractivity contribution in [3.63, 3.8) is 0 Å². The third-order valence-electron chi connectivity index (χ3n) is 4.94. The number of anilines is 1. The van der Waals surface area contributed by atoms with Gasteiger partial charge < -0.3 is 4.90 Å². The Morgan fingerprint density at radius 2 is 1.88 bits per heavy atom. The second-order valence-corrected chi connectivity index (χ2v) is 7.88. The summed E-state index contributed by atoms with van der Waals surface area (Å²) in [6.45, 7) is 4.44. The number of nitrogens with zero attached hydrogens (tertiary/aromatic N) is 4. The first-order valence-electron chi connectivity index (χ1n) is 8.78. The Balaban J connectivity index is 1.52. The molecule has 2 aliphatic rings. The fourth-order valence-electron chi connectivity index (χ4n) is 3.20. The molecule has 2 fully saturated rings. The summed E-state index contributed by atoms with van der Waals surface area (Å²) < 4.78 is 16.1. The van der Waals surface area contributed by atoms with Crippen molar-refractivity contribution in [2.75, 3.05) is 18.0 Å². The molecule has 2 aromatic rings. The highest BCUT2D eigenvalue weighted by molar-refractivity contribution is 7.98. The zero-order valence-electron chi connectivity index (χ0n) is 14.0. The first-order chi connectivity index (χ1) is 11.7. The minimum atomic E-state index is -0.146. The van der Waals surface area contributed by atoms with Crippen molar-refractivity contribution in [2.45, 2.75) is 49.6 Å². The van der Waals surface area contributed by atoms with Crippen LogP contribution in [-0.4, -0.2) is 27.9 Å². The van der Waals surface area contributed by atoms with E-state index < -0.39 is 0 Å². The molecule has 1 saturated carbocycles. The fourth-order valence-corrected chi connectivity index (χ4v) is 4.19. The molecule has 1 saturated heterocycles. The SMILES string of the molecule is CC1CCN(c2nnc(SCc3ccccc3F)n2C2CC2)CC1. The maximum absolute atomic E-state index is 13.8. The minimum Gasteiger partial charge on any atom is -0.341 e. The molecular formula is C18H23FN4S. The average molecular weight is 346 g/mol. The van der Waals surface area contributed by atoms with Crippen LogP contribution in [0.15, 0.2) is 29.4 Å². The molecule has 0 unspecified atom stereocenters. The minimum absolute atomic E-state index is 0.146. The van der Waals surface area contributed by atoms with Gasteiger partial charge in [0.05, 0.1) is 0 Å². The smallest absolute Gasteiger partial charge is 0.228 e. The largest absolute Gasteiger partial charge is 0.341 e. The molecule has 6 heteroatoms. The molecule has 24 heavy (non-hydrogen) atoms. The predicted octanol–water partition coefficient (Wildman–Crippen LogP) is 4.28. The van der Waals surface area contributed by atoms with E-state index in [0.717, 1.165) is 35.7 Å². The number of thioether (sulfide) groups is 1. The van der Waals surface area contributed by atoms with Crippen LogP contribution in [0.25, 0.3) is 0 Å². The van der Waals surface area contributed by atoms with E-state index in [1.807, 2.05) is 12.1 Å². The number of aromatic nitrogens is 3. The van der Waals surface area contributed by atoms with Crippen LogP contribution in [0.3, 0.4) is 0 Å². The molecule has 0 radical (unpaired) electrons. The summed E-state index contributed by atoms with van der Waals surface area (Å²) in [5.41, 5.74) is 0.723. The standard InChI is InChI=1S/C18H23FN4S/c1-13-8-10-22(11-9-13)17-20-21-18(23(17)15-6-7-15)24-12-14-4-2-3-5-16(14)19/h2-5,13,15H,6-12H2,1H3. The molecule has 1 aromatic heterocycles. The van der Waals surface area contributed by atoms with Crippen LogP contribution < -0.4 is 4.90 Å². The number of rotatable bonds is 5. The van der Waals surface area contributed by atoms with Gasteiger partial charge in [-0.3, -0.25) is 4.57 Å². The van der Waals surface area contributed by atoms with E-state index in [-0.39, 0.29) is 5.82 Å². The maximum Gasteiger partial charge on any atom is 0.228 e. The molecule has 4 rings (SSSR count). The van der Waals surface area contributed by atoms with Crippen molar-refractivity contribution in [2.24, 2.45) is 5.92 Å². The third kappa shape index (κ3) is 3.29. The zero-order chi connectivity index (χ0) is 16.5. The summed E-state index contributed by atoms with van der Waals surface area (Å²) in [4.78, 5) is 2.37. The number of hydrogen-bond acceptors (Lipinski definition) is 4. The van der Waals surface area contributed by atoms with Gasteiger partial charge in [0.2, 0.25) is 5.95 Å². The van der Waals surface area contributed by atoms with E-state index in [2.05, 4.69) is 26.6 Å². The fraction of sp³-hybridized carbons (Fsp3) is 0.556. The molecule has 0 bridgehead atoms. The molecular weight excluding hydrogens is 323 g/mol. The lowest BCUT2D eigenvalue weighted by atomic mass is 10.00. The number of hydrogen-bond donors (Lipinski definition) is 0. The molecule has 0 amide bonds. The molecule has 1 aliphatic carbocycles. The summed E-state index contributed by atoms with van der Waals surface area (Å²) in [6, 6.07) is 7.49. The van der Waals surface area contributed by atoms with Gasteiger partial charge in [-0.15, -0.1) is 10.2 Å². The van der Waals surface area contributed by atoms with Gasteiger partial charge in [-0.05, 0) is 43.2 Å². The molecule has 0 spiro atoms. The van der Waals surface area contributed by atoms with E-state index in [1.54, 1.807) is 17.8 Å². The van der Waals surface area contributed by atoms with E-state index in [4.69, 9.17) is 0 Å². The van der Waals surface area contributed by atoms with Crippen molar-refractivity contribution in [1.82, 2.24) is 14.8 Å². The highest BCUT2D eigenvalue weighted by atomic mass is 32.2. The highest BCUT2D eigenvalue weighted by Gasteiger charge is 2.32. The Morgan fingerprint density at radius 1 is 1.12 bits per heavy atom. The summed E-state index contributed by atoms with van der Waals surface area (Å²) in [5.74, 6) is 2.26. The van der Waals surface area contributed by atoms with E-state index in [0.29, 0.717) is 11.8 Å². The molecule has 4 nitrogen and oxygen atoms in total. The lowest BCUT2D eigenvalue weighted by molar-refractivity contribution is 0.429. The quantitative estimate of drug-likeness (QED) is 0.757. The summed E-state index contributed by atoms with van der Waals surface area (Å²) in [6.07, 6.45) is 4.83. The molecule has 2 heterocycles. The lowest BCUT2D eigenvalue weighted by Crippen LogP contribution is -2.34. The normalized spacial score (nSPS) is 19.0. The van der Waals surface area contributed by atoms with Crippen molar-refractivity contribution in [3.8, 4) is 0 Å². The Bertz CT molecular complexity index is 705. The van der Waals surface area contributed by atoms with Crippen LogP contribution in [-0.2, 0) is 5.75 Å². The molecule has 128 valence electrons. The van der Waals surface area contributed by atoms with Gasteiger partial charge in [-0.25, -0.2) is 4.39 Å². The molecule has 0 N–H and O–H groups in total. The van der Waals surface area contributed by atoms with Gasteiger partial charge in [0.15, 0.2) is 5.16 Å². The second kappa shape index (κ2) is 6.75. The predicted molar refractivity (Wildman–Crippen MR) is 94.9 cm³/mol. The summed E-state index contributed by atoms with van der Waals surface area (Å²) in [5, 5.41) is 9.84. The topological polar surface area (TPSA) is 34.0 Å². The highest BCUT2D eigenvalue weighted by Crippen LogP contribution is 2.42. The van der Waals surface area contributed by atoms with Gasteiger partial charge in [0.25, 0.3) is 0 Å². The third-order valence-corrected chi connectivity index (χ3v) is 5.93. The van der Waals surface area contributed by atoms with Crippen LogP contribution in [0.1, 0.15) is 44.2 Å². The summed E-state index contributed by atoms with van der Waals surface area (Å²) in [7, 11) is 0. The molecule has 1 aliphatic heterocycles. The number of piperidine rings is 1. The second-order valence-electron chi connectivity index (χ2n) is 6.93. The lowest BCUT2D eigenvalue weighted by Gasteiger charge is -2.31. The number of benzene rings is 1. The van der Waals surface area contributed by atoms with Crippen LogP contribution in [0.2, 0.25) is 0 Å². The van der Waals surface area contributed by atoms with Crippen LogP contribution in [0.4, 0.5) is 10.3 Å². The average Bonchev–Trinajstić information content (AvgIpc) is 3.35. The summed E-state index contributed by atoms with van der Waals surface area (Å²) >= 11 is 1.59. The van der Waals surface area contributed by atoms with Crippen molar-refractivity contribution in [3.05, 3.63) is 35.6 Å². The first-order valence-corrected chi connectivity index (χ1v) is 9.77. The van der Waals surface area contributed by atoms with E-state index in [9.17, 15) is 4.39 Å². The maximum atomic E-state index is 13.8. The van der Waals surface area contributed by atoms with E-state index in [1.165, 1.54) is 31.7 Å². The Hall–Kier alpha value is -1.56. The molecule has 0 atom stereocenters. The van der Waals surface area contributed by atoms with Crippen molar-refractivity contribution < 1.29 is 4.39 Å². The van der Waals surface area contributed by atoms with Crippen LogP contribution in [0.5, 0.6) is 0 Å². The Morgan fingerprint density at radius 3 is 2.58 bits per heavy atom. The first kappa shape index (κ1) is 15.9. The Labute approximate surface area is 146 Å². The van der Waals surface area contributed by atoms with Gasteiger partial charge >= 0.3 is 0 Å². The van der Waals surface area contributed by atoms with Crippen LogP contribution >= 0.6 is 11.8 Å². The van der Waals surface area contributed by atoms with Gasteiger partial charge in [0, 0.05) is 24.9 Å². The van der Waals surface area contributed by atoms with Crippen LogP contribution in [0, 0.1) is 11.7 Å². The van der Waals surface area contributed by atoms with Gasteiger partial charge in [-0.1, -0.05) is 36.9 Å².